The highest BCUT2D eigenvalue weighted by Crippen LogP contribution is 2.56. The van der Waals surface area contributed by atoms with Gasteiger partial charge >= 0.3 is 6.03 Å². The van der Waals surface area contributed by atoms with Crippen LogP contribution in [-0.4, -0.2) is 75.4 Å². The van der Waals surface area contributed by atoms with E-state index in [9.17, 15) is 9.59 Å². The Balaban J connectivity index is 1.31. The van der Waals surface area contributed by atoms with Crippen LogP contribution in [-0.2, 0) is 16.6 Å². The fourth-order valence-electron chi connectivity index (χ4n) is 7.60. The van der Waals surface area contributed by atoms with Gasteiger partial charge in [0, 0.05) is 57.0 Å². The number of imidazole rings is 1. The molecule has 194 valence electrons. The average molecular weight is 492 g/mol. The smallest absolute Gasteiger partial charge is 0.320 e. The molecule has 2 aromatic rings. The van der Waals surface area contributed by atoms with Crippen LogP contribution in [0.25, 0.3) is 11.0 Å². The number of rotatable bonds is 1. The van der Waals surface area contributed by atoms with Gasteiger partial charge in [0.1, 0.15) is 5.82 Å². The molecule has 2 atom stereocenters. The van der Waals surface area contributed by atoms with Crippen molar-refractivity contribution in [3.05, 3.63) is 29.1 Å². The topological polar surface area (TPSA) is 72.5 Å². The molecule has 7 heteroatoms. The van der Waals surface area contributed by atoms with Gasteiger partial charge in [0.2, 0.25) is 5.91 Å². The third kappa shape index (κ3) is 3.56. The minimum atomic E-state index is -0.0178. The molecule has 4 heterocycles. The number of likely N-dealkylation sites (tertiary alicyclic amines) is 3. The van der Waals surface area contributed by atoms with E-state index in [0.29, 0.717) is 5.92 Å². The fraction of sp³-hybridized carbons (Fsp3) is 0.690. The van der Waals surface area contributed by atoms with Gasteiger partial charge in [-0.3, -0.25) is 4.79 Å². The highest BCUT2D eigenvalue weighted by molar-refractivity contribution is 5.79. The van der Waals surface area contributed by atoms with Crippen LogP contribution in [0, 0.1) is 5.41 Å². The van der Waals surface area contributed by atoms with Gasteiger partial charge in [-0.2, -0.15) is 0 Å². The van der Waals surface area contributed by atoms with Crippen LogP contribution >= 0.6 is 0 Å². The van der Waals surface area contributed by atoms with Crippen molar-refractivity contribution in [3.63, 3.8) is 0 Å². The molecule has 2 bridgehead atoms. The van der Waals surface area contributed by atoms with E-state index < -0.39 is 0 Å². The normalized spacial score (nSPS) is 28.3. The van der Waals surface area contributed by atoms with E-state index in [-0.39, 0.29) is 28.8 Å². The van der Waals surface area contributed by atoms with E-state index in [2.05, 4.69) is 47.7 Å². The Morgan fingerprint density at radius 1 is 0.972 bits per heavy atom. The molecule has 3 aliphatic heterocycles. The first-order chi connectivity index (χ1) is 17.2. The van der Waals surface area contributed by atoms with Crippen LogP contribution in [0.15, 0.2) is 12.1 Å². The summed E-state index contributed by atoms with van der Waals surface area (Å²) in [6.07, 6.45) is 7.29. The number of aromatic amines is 1. The minimum Gasteiger partial charge on any atom is -0.343 e. The van der Waals surface area contributed by atoms with Gasteiger partial charge in [-0.1, -0.05) is 20.8 Å². The van der Waals surface area contributed by atoms with Crippen LogP contribution in [0.2, 0.25) is 0 Å². The lowest BCUT2D eigenvalue weighted by molar-refractivity contribution is -0.129. The highest BCUT2D eigenvalue weighted by atomic mass is 16.2. The van der Waals surface area contributed by atoms with Crippen LogP contribution in [0.1, 0.15) is 89.1 Å². The summed E-state index contributed by atoms with van der Waals surface area (Å²) < 4.78 is 0. The molecule has 0 radical (unpaired) electrons. The summed E-state index contributed by atoms with van der Waals surface area (Å²) in [5.74, 6) is 1.60. The van der Waals surface area contributed by atoms with Crippen LogP contribution in [0.3, 0.4) is 0 Å². The molecule has 6 rings (SSSR count). The Kier molecular flexibility index (Phi) is 5.61. The molecule has 0 spiro atoms. The van der Waals surface area contributed by atoms with E-state index in [1.54, 1.807) is 6.92 Å². The summed E-state index contributed by atoms with van der Waals surface area (Å²) in [6.45, 7) is 13.1. The van der Waals surface area contributed by atoms with Gasteiger partial charge in [0.15, 0.2) is 0 Å². The fourth-order valence-corrected chi connectivity index (χ4v) is 7.60. The summed E-state index contributed by atoms with van der Waals surface area (Å²) in [5.41, 5.74) is 4.94. The predicted molar refractivity (Wildman–Crippen MR) is 141 cm³/mol. The monoisotopic (exact) mass is 491 g/mol. The molecule has 4 aliphatic rings. The minimum absolute atomic E-state index is 0.00403. The molecular weight excluding hydrogens is 450 g/mol. The number of hydrogen-bond acceptors (Lipinski definition) is 3. The summed E-state index contributed by atoms with van der Waals surface area (Å²) in [4.78, 5) is 40.3. The Bertz CT molecular complexity index is 1190. The number of hydrogen-bond donors (Lipinski definition) is 1. The maximum atomic E-state index is 13.6. The second-order valence-electron chi connectivity index (χ2n) is 12.5. The molecular formula is C29H41N5O2. The molecule has 1 aliphatic carbocycles. The maximum absolute atomic E-state index is 13.6. The summed E-state index contributed by atoms with van der Waals surface area (Å²) in [5, 5.41) is 0. The Labute approximate surface area is 214 Å². The highest BCUT2D eigenvalue weighted by Gasteiger charge is 2.57. The van der Waals surface area contributed by atoms with Crippen molar-refractivity contribution in [2.24, 2.45) is 5.41 Å². The van der Waals surface area contributed by atoms with Crippen LogP contribution in [0.5, 0.6) is 0 Å². The van der Waals surface area contributed by atoms with E-state index in [4.69, 9.17) is 4.98 Å². The second-order valence-corrected chi connectivity index (χ2v) is 12.5. The number of urea groups is 1. The lowest BCUT2D eigenvalue weighted by atomic mass is 9.51. The van der Waals surface area contributed by atoms with Gasteiger partial charge in [0.05, 0.1) is 11.0 Å². The molecule has 1 aromatic heterocycles. The van der Waals surface area contributed by atoms with Gasteiger partial charge in [0.25, 0.3) is 0 Å². The largest absolute Gasteiger partial charge is 0.343 e. The Hall–Kier alpha value is -2.57. The SMILES string of the molecule is CC(=O)N1CCC(c2nc3cc4c(cc3[nH]2)C[C@H]2N(C(=O)N3CCCCC3)CC[C@]4(C)C2(C)C)CC1. The van der Waals surface area contributed by atoms with E-state index in [1.165, 1.54) is 17.5 Å². The van der Waals surface area contributed by atoms with Crippen molar-refractivity contribution in [1.82, 2.24) is 24.7 Å². The number of amides is 3. The van der Waals surface area contributed by atoms with Gasteiger partial charge in [-0.05, 0) is 73.6 Å². The van der Waals surface area contributed by atoms with Crippen LogP contribution in [0.4, 0.5) is 4.79 Å². The number of nitrogens with zero attached hydrogens (tertiary/aromatic N) is 4. The van der Waals surface area contributed by atoms with E-state index in [0.717, 1.165) is 88.1 Å². The number of nitrogens with one attached hydrogen (secondary N) is 1. The van der Waals surface area contributed by atoms with Gasteiger partial charge < -0.3 is 19.7 Å². The van der Waals surface area contributed by atoms with Crippen molar-refractivity contribution in [2.75, 3.05) is 32.7 Å². The average Bonchev–Trinajstić information content (AvgIpc) is 3.29. The Morgan fingerprint density at radius 2 is 1.69 bits per heavy atom. The number of carbonyl (C=O) groups is 2. The first-order valence-corrected chi connectivity index (χ1v) is 14.0. The third-order valence-corrected chi connectivity index (χ3v) is 10.4. The molecule has 0 saturated carbocycles. The predicted octanol–water partition coefficient (Wildman–Crippen LogP) is 4.81. The number of piperidine rings is 3. The van der Waals surface area contributed by atoms with Crippen molar-refractivity contribution in [1.29, 1.82) is 0 Å². The van der Waals surface area contributed by atoms with Gasteiger partial charge in [-0.15, -0.1) is 0 Å². The molecule has 3 amide bonds. The standard InChI is InChI=1S/C29H41N5O2/c1-19(35)32-13-8-20(9-14-32)26-30-23-16-21-17-25-28(2,3)29(4,22(21)18-24(23)31-26)10-15-34(25)27(36)33-11-6-5-7-12-33/h16,18,20,25H,5-15,17H2,1-4H3,(H,30,31)/t25-,29+/m1/s1. The van der Waals surface area contributed by atoms with Crippen molar-refractivity contribution < 1.29 is 9.59 Å². The Morgan fingerprint density at radius 3 is 2.39 bits per heavy atom. The number of H-pyrrole nitrogens is 1. The van der Waals surface area contributed by atoms with E-state index in [1.807, 2.05) is 4.90 Å². The first-order valence-electron chi connectivity index (χ1n) is 14.0. The molecule has 0 unspecified atom stereocenters. The van der Waals surface area contributed by atoms with Crippen LogP contribution < -0.4 is 0 Å². The lowest BCUT2D eigenvalue weighted by Crippen LogP contribution is -2.66. The molecule has 7 nitrogen and oxygen atoms in total. The lowest BCUT2D eigenvalue weighted by Gasteiger charge is -2.61. The summed E-state index contributed by atoms with van der Waals surface area (Å²) in [6, 6.07) is 5.12. The van der Waals surface area contributed by atoms with Crippen molar-refractivity contribution in [3.8, 4) is 0 Å². The zero-order valence-corrected chi connectivity index (χ0v) is 22.4. The van der Waals surface area contributed by atoms with E-state index >= 15 is 0 Å². The second kappa shape index (κ2) is 8.49. The molecule has 1 aromatic carbocycles. The first kappa shape index (κ1) is 23.8. The summed E-state index contributed by atoms with van der Waals surface area (Å²) >= 11 is 0. The maximum Gasteiger partial charge on any atom is 0.320 e. The van der Waals surface area contributed by atoms with Gasteiger partial charge in [-0.25, -0.2) is 9.78 Å². The number of fused-ring (bicyclic) bond motifs is 5. The number of aromatic nitrogens is 2. The molecule has 3 fully saturated rings. The van der Waals surface area contributed by atoms with Crippen molar-refractivity contribution >= 4 is 23.0 Å². The third-order valence-electron chi connectivity index (χ3n) is 10.4. The number of benzene rings is 1. The summed E-state index contributed by atoms with van der Waals surface area (Å²) in [7, 11) is 0. The molecule has 1 N–H and O–H groups in total. The zero-order valence-electron chi connectivity index (χ0n) is 22.4. The number of carbonyl (C=O) groups excluding carboxylic acids is 2. The zero-order chi connectivity index (χ0) is 25.2. The quantitative estimate of drug-likeness (QED) is 0.622. The molecule has 36 heavy (non-hydrogen) atoms. The molecule has 3 saturated heterocycles. The van der Waals surface area contributed by atoms with Crippen molar-refractivity contribution in [2.45, 2.75) is 90.0 Å².